The number of aromatic nitrogens is 3. The molecule has 0 amide bonds. The van der Waals surface area contributed by atoms with Gasteiger partial charge in [0.25, 0.3) is 0 Å². The second-order valence-corrected chi connectivity index (χ2v) is 5.27. The summed E-state index contributed by atoms with van der Waals surface area (Å²) in [6.45, 7) is 0. The molecule has 3 N–H and O–H groups in total. The molecule has 1 heterocycles. The lowest BCUT2D eigenvalue weighted by molar-refractivity contribution is 0.453. The van der Waals surface area contributed by atoms with E-state index < -0.39 is 5.69 Å². The topological polar surface area (TPSA) is 94.4 Å². The van der Waals surface area contributed by atoms with E-state index in [2.05, 4.69) is 10.2 Å². The number of rotatable bonds is 3. The van der Waals surface area contributed by atoms with Gasteiger partial charge in [0.2, 0.25) is 0 Å². The number of H-pyrrole nitrogens is 1. The van der Waals surface area contributed by atoms with E-state index in [1.54, 1.807) is 12.1 Å². The largest absolute Gasteiger partial charge is 0.507 e. The van der Waals surface area contributed by atoms with Gasteiger partial charge in [0.15, 0.2) is 5.82 Å². The van der Waals surface area contributed by atoms with E-state index in [4.69, 9.17) is 0 Å². The Bertz CT molecular complexity index is 874. The van der Waals surface area contributed by atoms with Gasteiger partial charge in [-0.3, -0.25) is 0 Å². The number of anilines is 1. The van der Waals surface area contributed by atoms with Gasteiger partial charge in [0, 0.05) is 19.8 Å². The summed E-state index contributed by atoms with van der Waals surface area (Å²) in [7, 11) is 3.84. The molecule has 3 rings (SSSR count). The van der Waals surface area contributed by atoms with Crippen molar-refractivity contribution in [3.8, 4) is 28.6 Å². The minimum Gasteiger partial charge on any atom is -0.507 e. The Balaban J connectivity index is 2.18. The van der Waals surface area contributed by atoms with Gasteiger partial charge < -0.3 is 15.1 Å². The fraction of sp³-hybridized carbons (Fsp3) is 0.125. The highest BCUT2D eigenvalue weighted by Crippen LogP contribution is 2.35. The molecule has 0 saturated heterocycles. The average molecular weight is 312 g/mol. The van der Waals surface area contributed by atoms with E-state index in [1.165, 1.54) is 22.8 Å². The summed E-state index contributed by atoms with van der Waals surface area (Å²) in [4.78, 5) is 14.1. The van der Waals surface area contributed by atoms with Crippen molar-refractivity contribution in [2.45, 2.75) is 0 Å². The molecule has 118 valence electrons. The summed E-state index contributed by atoms with van der Waals surface area (Å²) in [5.41, 5.74) is 1.20. The molecule has 0 spiro atoms. The Labute approximate surface area is 132 Å². The zero-order chi connectivity index (χ0) is 16.6. The van der Waals surface area contributed by atoms with E-state index in [-0.39, 0.29) is 22.9 Å². The van der Waals surface area contributed by atoms with Crippen LogP contribution in [0, 0.1) is 0 Å². The van der Waals surface area contributed by atoms with Crippen LogP contribution in [-0.4, -0.2) is 39.1 Å². The SMILES string of the molecule is CN(C)c1ccc(-n2c(-c3c(O)cccc3O)n[nH]c2=O)cc1. The lowest BCUT2D eigenvalue weighted by Gasteiger charge is -2.13. The predicted molar refractivity (Wildman–Crippen MR) is 87.3 cm³/mol. The van der Waals surface area contributed by atoms with Crippen LogP contribution in [0.2, 0.25) is 0 Å². The van der Waals surface area contributed by atoms with Crippen molar-refractivity contribution < 1.29 is 10.2 Å². The highest BCUT2D eigenvalue weighted by molar-refractivity contribution is 5.72. The number of hydrogen-bond acceptors (Lipinski definition) is 5. The second-order valence-electron chi connectivity index (χ2n) is 5.27. The quantitative estimate of drug-likeness (QED) is 0.684. The lowest BCUT2D eigenvalue weighted by Crippen LogP contribution is -2.16. The van der Waals surface area contributed by atoms with Crippen LogP contribution < -0.4 is 10.6 Å². The Morgan fingerprint density at radius 1 is 1.04 bits per heavy atom. The van der Waals surface area contributed by atoms with Crippen molar-refractivity contribution in [2.75, 3.05) is 19.0 Å². The number of nitrogens with zero attached hydrogens (tertiary/aromatic N) is 3. The van der Waals surface area contributed by atoms with E-state index in [9.17, 15) is 15.0 Å². The molecule has 0 aliphatic rings. The average Bonchev–Trinajstić information content (AvgIpc) is 2.89. The zero-order valence-corrected chi connectivity index (χ0v) is 12.7. The van der Waals surface area contributed by atoms with Crippen LogP contribution in [0.15, 0.2) is 47.3 Å². The molecule has 0 unspecified atom stereocenters. The van der Waals surface area contributed by atoms with Crippen LogP contribution >= 0.6 is 0 Å². The van der Waals surface area contributed by atoms with E-state index >= 15 is 0 Å². The fourth-order valence-corrected chi connectivity index (χ4v) is 2.36. The summed E-state index contributed by atoms with van der Waals surface area (Å²) >= 11 is 0. The number of phenols is 2. The molecule has 1 aromatic heterocycles. The van der Waals surface area contributed by atoms with Crippen LogP contribution in [0.4, 0.5) is 5.69 Å². The molecule has 0 fully saturated rings. The molecular weight excluding hydrogens is 296 g/mol. The molecule has 23 heavy (non-hydrogen) atoms. The molecule has 0 aliphatic heterocycles. The third-order valence-corrected chi connectivity index (χ3v) is 3.54. The summed E-state index contributed by atoms with van der Waals surface area (Å²) < 4.78 is 1.30. The van der Waals surface area contributed by atoms with Crippen LogP contribution in [0.1, 0.15) is 0 Å². The summed E-state index contributed by atoms with van der Waals surface area (Å²) in [5, 5.41) is 26.3. The van der Waals surface area contributed by atoms with Crippen molar-refractivity contribution in [3.63, 3.8) is 0 Å². The number of aromatic amines is 1. The maximum Gasteiger partial charge on any atom is 0.348 e. The summed E-state index contributed by atoms with van der Waals surface area (Å²) in [6, 6.07) is 11.6. The molecule has 7 heteroatoms. The first-order valence-corrected chi connectivity index (χ1v) is 6.95. The predicted octanol–water partition coefficient (Wildman–Crippen LogP) is 1.70. The van der Waals surface area contributed by atoms with Crippen molar-refractivity contribution in [3.05, 3.63) is 52.9 Å². The first-order valence-electron chi connectivity index (χ1n) is 6.95. The maximum absolute atomic E-state index is 12.1. The maximum atomic E-state index is 12.1. The minimum atomic E-state index is -0.458. The van der Waals surface area contributed by atoms with E-state index in [0.29, 0.717) is 5.69 Å². The van der Waals surface area contributed by atoms with Crippen LogP contribution in [0.5, 0.6) is 11.5 Å². The summed E-state index contributed by atoms with van der Waals surface area (Å²) in [5.74, 6) is -0.173. The number of nitrogens with one attached hydrogen (secondary N) is 1. The molecule has 0 saturated carbocycles. The van der Waals surface area contributed by atoms with Gasteiger partial charge in [-0.15, -0.1) is 0 Å². The van der Waals surface area contributed by atoms with Crippen molar-refractivity contribution in [1.82, 2.24) is 14.8 Å². The van der Waals surface area contributed by atoms with Gasteiger partial charge in [-0.05, 0) is 36.4 Å². The van der Waals surface area contributed by atoms with Gasteiger partial charge >= 0.3 is 5.69 Å². The van der Waals surface area contributed by atoms with Gasteiger partial charge in [-0.2, -0.15) is 5.10 Å². The number of hydrogen-bond donors (Lipinski definition) is 3. The van der Waals surface area contributed by atoms with Crippen LogP contribution in [-0.2, 0) is 0 Å². The Kier molecular flexibility index (Phi) is 3.53. The summed E-state index contributed by atoms with van der Waals surface area (Å²) in [6.07, 6.45) is 0. The van der Waals surface area contributed by atoms with E-state index in [0.717, 1.165) is 5.69 Å². The highest BCUT2D eigenvalue weighted by atomic mass is 16.3. The Morgan fingerprint density at radius 3 is 2.22 bits per heavy atom. The normalized spacial score (nSPS) is 10.7. The second kappa shape index (κ2) is 5.53. The van der Waals surface area contributed by atoms with Gasteiger partial charge in [-0.25, -0.2) is 14.5 Å². The first kappa shape index (κ1) is 14.7. The third-order valence-electron chi connectivity index (χ3n) is 3.54. The smallest absolute Gasteiger partial charge is 0.348 e. The number of benzene rings is 2. The van der Waals surface area contributed by atoms with Crippen molar-refractivity contribution >= 4 is 5.69 Å². The van der Waals surface area contributed by atoms with Crippen molar-refractivity contribution in [1.29, 1.82) is 0 Å². The van der Waals surface area contributed by atoms with Crippen LogP contribution in [0.25, 0.3) is 17.1 Å². The lowest BCUT2D eigenvalue weighted by atomic mass is 10.1. The van der Waals surface area contributed by atoms with Crippen LogP contribution in [0.3, 0.4) is 0 Å². The number of aromatic hydroxyl groups is 2. The monoisotopic (exact) mass is 312 g/mol. The molecule has 0 radical (unpaired) electrons. The Hall–Kier alpha value is -3.22. The molecule has 3 aromatic rings. The van der Waals surface area contributed by atoms with Gasteiger partial charge in [-0.1, -0.05) is 6.07 Å². The molecule has 0 bridgehead atoms. The minimum absolute atomic E-state index is 0.0996. The fourth-order valence-electron chi connectivity index (χ4n) is 2.36. The molecule has 7 nitrogen and oxygen atoms in total. The van der Waals surface area contributed by atoms with E-state index in [1.807, 2.05) is 31.1 Å². The standard InChI is InChI=1S/C16H16N4O3/c1-19(2)10-6-8-11(9-7-10)20-15(17-18-16(20)23)14-12(21)4-3-5-13(14)22/h3-9,21-22H,1-2H3,(H,18,23). The van der Waals surface area contributed by atoms with Crippen molar-refractivity contribution in [2.24, 2.45) is 0 Å². The number of phenolic OH excluding ortho intramolecular Hbond substituents is 2. The van der Waals surface area contributed by atoms with Gasteiger partial charge in [0.05, 0.1) is 5.69 Å². The molecule has 0 atom stereocenters. The van der Waals surface area contributed by atoms with Gasteiger partial charge in [0.1, 0.15) is 17.1 Å². The third kappa shape index (κ3) is 2.52. The first-order chi connectivity index (χ1) is 11.0. The highest BCUT2D eigenvalue weighted by Gasteiger charge is 2.19. The molecular formula is C16H16N4O3. The Morgan fingerprint density at radius 2 is 1.65 bits per heavy atom. The molecule has 0 aliphatic carbocycles. The molecule has 2 aromatic carbocycles. The zero-order valence-electron chi connectivity index (χ0n) is 12.7.